The van der Waals surface area contributed by atoms with E-state index in [-0.39, 0.29) is 11.8 Å². The molecule has 5 nitrogen and oxygen atoms in total. The zero-order valence-electron chi connectivity index (χ0n) is 17.1. The summed E-state index contributed by atoms with van der Waals surface area (Å²) in [5.74, 6) is -0.290. The fourth-order valence-electron chi connectivity index (χ4n) is 3.23. The topological polar surface area (TPSA) is 60.7 Å². The first-order valence-corrected chi connectivity index (χ1v) is 9.52. The molecule has 0 radical (unpaired) electrons. The number of ketones is 1. The molecule has 0 aliphatic heterocycles. The highest BCUT2D eigenvalue weighted by atomic mass is 16.5. The van der Waals surface area contributed by atoms with Gasteiger partial charge in [-0.3, -0.25) is 9.79 Å². The van der Waals surface area contributed by atoms with Crippen molar-refractivity contribution in [1.29, 1.82) is 0 Å². The van der Waals surface area contributed by atoms with Crippen LogP contribution in [0.1, 0.15) is 51.5 Å². The molecule has 3 aromatic rings. The monoisotopic (exact) mass is 388 g/mol. The van der Waals surface area contributed by atoms with Crippen LogP contribution in [0.15, 0.2) is 59.6 Å². The maximum atomic E-state index is 12.1. The standard InChI is InChI=1S/C24H24N2O3/c1-5-29-24(28)20-7-6-8-23(14-20)26-16(2)13-21(17(26)3)15-25-22-11-9-19(10-12-22)18(4)27/h6-15H,5H2,1-4H3. The molecule has 0 N–H and O–H groups in total. The Bertz CT molecular complexity index is 1080. The molecule has 0 atom stereocenters. The van der Waals surface area contributed by atoms with Gasteiger partial charge in [0.2, 0.25) is 0 Å². The molecule has 0 saturated carbocycles. The summed E-state index contributed by atoms with van der Waals surface area (Å²) < 4.78 is 7.19. The van der Waals surface area contributed by atoms with E-state index in [2.05, 4.69) is 15.6 Å². The normalized spacial score (nSPS) is 11.0. The van der Waals surface area contributed by atoms with E-state index in [9.17, 15) is 9.59 Å². The number of aromatic nitrogens is 1. The average Bonchev–Trinajstić information content (AvgIpc) is 3.00. The van der Waals surface area contributed by atoms with Gasteiger partial charge in [0.05, 0.1) is 17.9 Å². The second-order valence-electron chi connectivity index (χ2n) is 6.79. The summed E-state index contributed by atoms with van der Waals surface area (Å²) in [6.07, 6.45) is 1.82. The summed E-state index contributed by atoms with van der Waals surface area (Å²) in [5.41, 5.74) is 5.92. The maximum Gasteiger partial charge on any atom is 0.338 e. The van der Waals surface area contributed by atoms with Gasteiger partial charge in [0.1, 0.15) is 0 Å². The number of aliphatic imine (C=N–C) groups is 1. The van der Waals surface area contributed by atoms with Crippen molar-refractivity contribution in [2.24, 2.45) is 4.99 Å². The molecule has 0 unspecified atom stereocenters. The van der Waals surface area contributed by atoms with E-state index in [1.165, 1.54) is 0 Å². The first-order valence-electron chi connectivity index (χ1n) is 9.52. The van der Waals surface area contributed by atoms with E-state index >= 15 is 0 Å². The summed E-state index contributed by atoms with van der Waals surface area (Å²) in [6.45, 7) is 7.72. The van der Waals surface area contributed by atoms with Crippen molar-refractivity contribution in [2.75, 3.05) is 6.61 Å². The number of rotatable bonds is 6. The molecule has 148 valence electrons. The number of carbonyl (C=O) groups excluding carboxylic acids is 2. The molecule has 0 bridgehead atoms. The van der Waals surface area contributed by atoms with E-state index in [0.29, 0.717) is 17.7 Å². The lowest BCUT2D eigenvalue weighted by Crippen LogP contribution is -2.06. The third-order valence-electron chi connectivity index (χ3n) is 4.71. The van der Waals surface area contributed by atoms with Crippen molar-refractivity contribution < 1.29 is 14.3 Å². The Morgan fingerprint density at radius 1 is 1.03 bits per heavy atom. The Kier molecular flexibility index (Phi) is 6.07. The van der Waals surface area contributed by atoms with Crippen LogP contribution in [-0.4, -0.2) is 29.1 Å². The molecule has 5 heteroatoms. The minimum atomic E-state index is -0.326. The number of hydrogen-bond acceptors (Lipinski definition) is 4. The third-order valence-corrected chi connectivity index (χ3v) is 4.71. The molecule has 0 aliphatic rings. The Labute approximate surface area is 170 Å². The van der Waals surface area contributed by atoms with Gasteiger partial charge in [-0.25, -0.2) is 4.79 Å². The van der Waals surface area contributed by atoms with Crippen LogP contribution in [0.5, 0.6) is 0 Å². The molecule has 0 spiro atoms. The van der Waals surface area contributed by atoms with E-state index < -0.39 is 0 Å². The zero-order chi connectivity index (χ0) is 21.0. The van der Waals surface area contributed by atoms with Gasteiger partial charge in [-0.1, -0.05) is 6.07 Å². The number of aryl methyl sites for hydroxylation is 1. The zero-order valence-corrected chi connectivity index (χ0v) is 17.1. The Morgan fingerprint density at radius 3 is 2.41 bits per heavy atom. The quantitative estimate of drug-likeness (QED) is 0.330. The van der Waals surface area contributed by atoms with E-state index in [1.807, 2.05) is 50.4 Å². The van der Waals surface area contributed by atoms with Gasteiger partial charge in [-0.05, 0) is 76.2 Å². The van der Waals surface area contributed by atoms with Gasteiger partial charge in [0.25, 0.3) is 0 Å². The van der Waals surface area contributed by atoms with Gasteiger partial charge >= 0.3 is 5.97 Å². The van der Waals surface area contributed by atoms with Crippen LogP contribution in [-0.2, 0) is 4.74 Å². The number of nitrogens with zero attached hydrogens (tertiary/aromatic N) is 2. The van der Waals surface area contributed by atoms with Crippen LogP contribution >= 0.6 is 0 Å². The van der Waals surface area contributed by atoms with Crippen LogP contribution in [0.25, 0.3) is 5.69 Å². The fraction of sp³-hybridized carbons (Fsp3) is 0.208. The Hall–Kier alpha value is -3.47. The van der Waals surface area contributed by atoms with Gasteiger partial charge in [0, 0.05) is 34.4 Å². The van der Waals surface area contributed by atoms with Gasteiger partial charge in [-0.2, -0.15) is 0 Å². The SMILES string of the molecule is CCOC(=O)c1cccc(-n2c(C)cc(C=Nc3ccc(C(C)=O)cc3)c2C)c1. The number of benzene rings is 2. The van der Waals surface area contributed by atoms with Crippen molar-refractivity contribution in [3.63, 3.8) is 0 Å². The third kappa shape index (κ3) is 4.51. The summed E-state index contributed by atoms with van der Waals surface area (Å²) in [4.78, 5) is 28.0. The Balaban J connectivity index is 1.90. The number of hydrogen-bond donors (Lipinski definition) is 0. The minimum Gasteiger partial charge on any atom is -0.462 e. The lowest BCUT2D eigenvalue weighted by atomic mass is 10.1. The molecule has 1 heterocycles. The summed E-state index contributed by atoms with van der Waals surface area (Å²) in [7, 11) is 0. The van der Waals surface area contributed by atoms with Crippen LogP contribution < -0.4 is 0 Å². The number of Topliss-reactive ketones (excluding diaryl/α,β-unsaturated/α-hetero) is 1. The lowest BCUT2D eigenvalue weighted by molar-refractivity contribution is 0.0526. The molecule has 0 amide bonds. The van der Waals surface area contributed by atoms with Gasteiger partial charge < -0.3 is 9.30 Å². The summed E-state index contributed by atoms with van der Waals surface area (Å²) in [5, 5.41) is 0. The van der Waals surface area contributed by atoms with Crippen molar-refractivity contribution >= 4 is 23.7 Å². The summed E-state index contributed by atoms with van der Waals surface area (Å²) in [6, 6.07) is 16.7. The fourth-order valence-corrected chi connectivity index (χ4v) is 3.23. The van der Waals surface area contributed by atoms with Crippen LogP contribution in [0.4, 0.5) is 5.69 Å². The smallest absolute Gasteiger partial charge is 0.338 e. The van der Waals surface area contributed by atoms with E-state index in [1.54, 1.807) is 32.0 Å². The van der Waals surface area contributed by atoms with Crippen molar-refractivity contribution in [1.82, 2.24) is 4.57 Å². The molecule has 0 aliphatic carbocycles. The predicted octanol–water partition coefficient (Wildman–Crippen LogP) is 5.22. The molecule has 0 saturated heterocycles. The minimum absolute atomic E-state index is 0.0362. The molecule has 0 fully saturated rings. The highest BCUT2D eigenvalue weighted by Crippen LogP contribution is 2.22. The second kappa shape index (κ2) is 8.69. The highest BCUT2D eigenvalue weighted by molar-refractivity contribution is 5.94. The van der Waals surface area contributed by atoms with Crippen molar-refractivity contribution in [2.45, 2.75) is 27.7 Å². The Morgan fingerprint density at radius 2 is 1.76 bits per heavy atom. The van der Waals surface area contributed by atoms with Gasteiger partial charge in [0.15, 0.2) is 5.78 Å². The first-order chi connectivity index (χ1) is 13.9. The van der Waals surface area contributed by atoms with E-state index in [0.717, 1.165) is 28.3 Å². The summed E-state index contributed by atoms with van der Waals surface area (Å²) >= 11 is 0. The van der Waals surface area contributed by atoms with Gasteiger partial charge in [-0.15, -0.1) is 0 Å². The molecule has 29 heavy (non-hydrogen) atoms. The highest BCUT2D eigenvalue weighted by Gasteiger charge is 2.12. The van der Waals surface area contributed by atoms with Crippen LogP contribution in [0.3, 0.4) is 0 Å². The number of carbonyl (C=O) groups is 2. The largest absolute Gasteiger partial charge is 0.462 e. The molecule has 2 aromatic carbocycles. The van der Waals surface area contributed by atoms with Crippen LogP contribution in [0, 0.1) is 13.8 Å². The number of esters is 1. The average molecular weight is 388 g/mol. The second-order valence-corrected chi connectivity index (χ2v) is 6.79. The van der Waals surface area contributed by atoms with E-state index in [4.69, 9.17) is 4.74 Å². The molecule has 1 aromatic heterocycles. The predicted molar refractivity (Wildman–Crippen MR) is 115 cm³/mol. The maximum absolute atomic E-state index is 12.1. The molecule has 3 rings (SSSR count). The van der Waals surface area contributed by atoms with Crippen molar-refractivity contribution in [3.8, 4) is 5.69 Å². The van der Waals surface area contributed by atoms with Crippen molar-refractivity contribution in [3.05, 3.63) is 82.7 Å². The lowest BCUT2D eigenvalue weighted by Gasteiger charge is -2.11. The van der Waals surface area contributed by atoms with Crippen LogP contribution in [0.2, 0.25) is 0 Å². The molecular formula is C24H24N2O3. The molecular weight excluding hydrogens is 364 g/mol. The first kappa shape index (κ1) is 20.3. The number of ether oxygens (including phenoxy) is 1.